The fourth-order valence-corrected chi connectivity index (χ4v) is 9.42. The Morgan fingerprint density at radius 2 is 1.91 bits per heavy atom. The van der Waals surface area contributed by atoms with Gasteiger partial charge in [-0.05, 0) is 81.4 Å². The minimum absolute atomic E-state index is 0.115. The molecule has 2 N–H and O–H groups in total. The smallest absolute Gasteiger partial charge is 0.324 e. The first kappa shape index (κ1) is 46.1. The predicted molar refractivity (Wildman–Crippen MR) is 240 cm³/mol. The van der Waals surface area contributed by atoms with Crippen molar-refractivity contribution in [3.8, 4) is 22.5 Å². The SMILES string of the molecule is C=CC(=O)N1CC[C@H](C(=O)N(C)[C@H](C(=O)N[C@H]2Cn3ncc(n3)-c3ccc4c(c3)c(c(-c3cccnc3[C@H](C)OC)n4CC)CC(C)(C)COC(=O)[C@@H]3CCCN(N3)C2=O)C(C)C)C1. The van der Waals surface area contributed by atoms with Crippen molar-refractivity contribution >= 4 is 40.5 Å². The number of ether oxygens (including phenoxy) is 2. The van der Waals surface area contributed by atoms with Crippen LogP contribution in [-0.2, 0) is 53.0 Å². The quantitative estimate of drug-likeness (QED) is 0.171. The normalized spacial score (nSPS) is 21.3. The van der Waals surface area contributed by atoms with Gasteiger partial charge >= 0.3 is 5.97 Å². The summed E-state index contributed by atoms with van der Waals surface area (Å²) in [4.78, 5) is 78.1. The molecule has 0 saturated carbocycles. The van der Waals surface area contributed by atoms with Gasteiger partial charge in [-0.1, -0.05) is 40.3 Å². The minimum Gasteiger partial charge on any atom is -0.464 e. The van der Waals surface area contributed by atoms with Crippen molar-refractivity contribution in [1.82, 2.24) is 50.1 Å². The van der Waals surface area contributed by atoms with Gasteiger partial charge in [-0.2, -0.15) is 15.0 Å². The number of carbonyl (C=O) groups is 5. The van der Waals surface area contributed by atoms with E-state index in [2.05, 4.69) is 66.0 Å². The fourth-order valence-electron chi connectivity index (χ4n) is 9.42. The number of hydrazine groups is 1. The number of hydrogen-bond acceptors (Lipinski definition) is 11. The Morgan fingerprint density at radius 3 is 2.62 bits per heavy atom. The van der Waals surface area contributed by atoms with E-state index in [-0.39, 0.29) is 50.1 Å². The summed E-state index contributed by atoms with van der Waals surface area (Å²) in [7, 11) is 3.25. The first-order valence-electron chi connectivity index (χ1n) is 22.3. The van der Waals surface area contributed by atoms with Crippen LogP contribution in [0.15, 0.2) is 55.4 Å². The summed E-state index contributed by atoms with van der Waals surface area (Å²) in [6.45, 7) is 17.1. The van der Waals surface area contributed by atoms with Crippen molar-refractivity contribution in [3.63, 3.8) is 0 Å². The number of benzene rings is 1. The molecule has 0 spiro atoms. The molecule has 4 aromatic rings. The highest BCUT2D eigenvalue weighted by atomic mass is 16.5. The van der Waals surface area contributed by atoms with Crippen molar-refractivity contribution in [2.75, 3.05) is 40.4 Å². The molecule has 0 unspecified atom stereocenters. The number of cyclic esters (lactones) is 1. The average molecular weight is 879 g/mol. The van der Waals surface area contributed by atoms with Crippen LogP contribution in [0.5, 0.6) is 0 Å². The van der Waals surface area contributed by atoms with Gasteiger partial charge in [-0.25, -0.2) is 5.43 Å². The van der Waals surface area contributed by atoms with Crippen LogP contribution in [0.3, 0.4) is 0 Å². The first-order valence-corrected chi connectivity index (χ1v) is 22.3. The Balaban J connectivity index is 1.27. The zero-order valence-electron chi connectivity index (χ0n) is 38.3. The number of fused-ring (bicyclic) bond motifs is 6. The number of nitrogens with zero attached hydrogens (tertiary/aromatic N) is 8. The van der Waals surface area contributed by atoms with Gasteiger partial charge < -0.3 is 29.2 Å². The molecule has 6 heterocycles. The summed E-state index contributed by atoms with van der Waals surface area (Å²) in [6, 6.07) is 7.26. The molecule has 5 atom stereocenters. The second kappa shape index (κ2) is 19.0. The van der Waals surface area contributed by atoms with Crippen molar-refractivity contribution in [3.05, 3.63) is 66.6 Å². The zero-order valence-corrected chi connectivity index (χ0v) is 38.3. The van der Waals surface area contributed by atoms with E-state index in [4.69, 9.17) is 19.6 Å². The molecule has 3 aliphatic rings. The summed E-state index contributed by atoms with van der Waals surface area (Å²) >= 11 is 0. The molecule has 3 aromatic heterocycles. The molecule has 1 aromatic carbocycles. The van der Waals surface area contributed by atoms with Gasteiger partial charge in [0.05, 0.1) is 42.8 Å². The van der Waals surface area contributed by atoms with E-state index < -0.39 is 47.2 Å². The highest BCUT2D eigenvalue weighted by molar-refractivity contribution is 5.96. The monoisotopic (exact) mass is 878 g/mol. The Kier molecular flexibility index (Phi) is 13.7. The van der Waals surface area contributed by atoms with Crippen molar-refractivity contribution in [1.29, 1.82) is 0 Å². The summed E-state index contributed by atoms with van der Waals surface area (Å²) in [5, 5.41) is 14.8. The highest BCUT2D eigenvalue weighted by Crippen LogP contribution is 2.41. The maximum absolute atomic E-state index is 14.5. The van der Waals surface area contributed by atoms with Gasteiger partial charge in [0, 0.05) is 74.0 Å². The summed E-state index contributed by atoms with van der Waals surface area (Å²) in [5.41, 5.74) is 8.82. The summed E-state index contributed by atoms with van der Waals surface area (Å²) < 4.78 is 14.2. The summed E-state index contributed by atoms with van der Waals surface area (Å²) in [5.74, 6) is -2.83. The number of carbonyl (C=O) groups excluding carboxylic acids is 5. The largest absolute Gasteiger partial charge is 0.464 e. The molecule has 0 radical (unpaired) electrons. The maximum atomic E-state index is 14.5. The van der Waals surface area contributed by atoms with Gasteiger partial charge in [-0.15, -0.1) is 0 Å². The van der Waals surface area contributed by atoms with E-state index >= 15 is 0 Å². The number of esters is 1. The highest BCUT2D eigenvalue weighted by Gasteiger charge is 2.40. The van der Waals surface area contributed by atoms with Gasteiger partial charge in [0.1, 0.15) is 23.8 Å². The molecule has 17 nitrogen and oxygen atoms in total. The van der Waals surface area contributed by atoms with Gasteiger partial charge in [0.2, 0.25) is 17.7 Å². The molecule has 342 valence electrons. The number of pyridine rings is 1. The molecule has 2 saturated heterocycles. The Morgan fingerprint density at radius 1 is 1.12 bits per heavy atom. The lowest BCUT2D eigenvalue weighted by molar-refractivity contribution is -0.155. The van der Waals surface area contributed by atoms with Crippen LogP contribution < -0.4 is 10.7 Å². The number of aromatic nitrogens is 5. The van der Waals surface area contributed by atoms with E-state index in [0.29, 0.717) is 44.5 Å². The average Bonchev–Trinajstić information content (AvgIpc) is 4.05. The second-order valence-electron chi connectivity index (χ2n) is 18.3. The summed E-state index contributed by atoms with van der Waals surface area (Å²) in [6.07, 6.45) is 6.36. The number of likely N-dealkylation sites (tertiary alicyclic amines) is 1. The lowest BCUT2D eigenvalue weighted by Gasteiger charge is -2.36. The lowest BCUT2D eigenvalue weighted by Crippen LogP contribution is -2.62. The third-order valence-electron chi connectivity index (χ3n) is 12.8. The van der Waals surface area contributed by atoms with E-state index in [9.17, 15) is 24.0 Å². The number of hydrogen-bond donors (Lipinski definition) is 2. The Labute approximate surface area is 374 Å². The topological polar surface area (TPSA) is 186 Å². The number of likely N-dealkylation sites (N-methyl/N-ethyl adjacent to an activating group) is 1. The van der Waals surface area contributed by atoms with Crippen LogP contribution in [0.25, 0.3) is 33.4 Å². The van der Waals surface area contributed by atoms with E-state index in [1.54, 1.807) is 31.5 Å². The van der Waals surface area contributed by atoms with Crippen LogP contribution in [0, 0.1) is 17.3 Å². The number of aryl methyl sites for hydroxylation is 1. The van der Waals surface area contributed by atoms with Crippen LogP contribution >= 0.6 is 0 Å². The van der Waals surface area contributed by atoms with Crippen LogP contribution in [0.2, 0.25) is 0 Å². The van der Waals surface area contributed by atoms with E-state index in [0.717, 1.165) is 39.0 Å². The van der Waals surface area contributed by atoms with E-state index in [1.807, 2.05) is 32.9 Å². The maximum Gasteiger partial charge on any atom is 0.324 e. The third-order valence-corrected chi connectivity index (χ3v) is 12.8. The van der Waals surface area contributed by atoms with E-state index in [1.165, 1.54) is 20.8 Å². The standard InChI is InChI=1S/C47H62N10O7/c1-10-39(58)54-21-18-31(25-54)44(60)53(8)41(28(3)4)43(59)50-37-26-57-49-24-36(52-57)30-16-17-38-33(22-30)34(42(55(38)11-2)32-14-12-19-48-40(32)29(5)63-9)23-47(6,7)27-64-46(62)35-15-13-20-56(51-35)45(37)61/h10,12,14,16-17,19,22,24,28-29,31,35,37,41,51H,1,11,13,15,18,20-21,23,25-27H2,2-9H3,(H,50,59)/t29-,31-,35-,37-,41-/m0/s1. The van der Waals surface area contributed by atoms with Gasteiger partial charge in [0.15, 0.2) is 0 Å². The molecule has 0 aliphatic carbocycles. The van der Waals surface area contributed by atoms with Crippen LogP contribution in [0.1, 0.15) is 78.2 Å². The van der Waals surface area contributed by atoms with Gasteiger partial charge in [0.25, 0.3) is 5.91 Å². The molecular formula is C47H62N10O7. The number of amides is 4. The predicted octanol–water partition coefficient (Wildman–Crippen LogP) is 4.31. The third kappa shape index (κ3) is 9.32. The molecule has 3 aliphatic heterocycles. The fraction of sp³-hybridized carbons (Fsp3) is 0.532. The van der Waals surface area contributed by atoms with Crippen molar-refractivity contribution < 1.29 is 33.4 Å². The number of rotatable bonds is 10. The number of methoxy groups -OCH3 is 1. The second-order valence-corrected chi connectivity index (χ2v) is 18.3. The molecule has 6 bridgehead atoms. The molecule has 4 amide bonds. The molecule has 7 rings (SSSR count). The van der Waals surface area contributed by atoms with Crippen LogP contribution in [-0.4, -0.2) is 127 Å². The van der Waals surface area contributed by atoms with Crippen molar-refractivity contribution in [2.45, 2.75) is 105 Å². The van der Waals surface area contributed by atoms with Crippen LogP contribution in [0.4, 0.5) is 0 Å². The minimum atomic E-state index is -1.19. The molecule has 2 fully saturated rings. The van der Waals surface area contributed by atoms with Crippen molar-refractivity contribution in [2.24, 2.45) is 17.3 Å². The molecule has 64 heavy (non-hydrogen) atoms. The Bertz CT molecular complexity index is 2420. The Hall–Kier alpha value is -5.94. The van der Waals surface area contributed by atoms with Gasteiger partial charge in [-0.3, -0.25) is 34.0 Å². The molecular weight excluding hydrogens is 817 g/mol. The zero-order chi connectivity index (χ0) is 46.0. The first-order chi connectivity index (χ1) is 30.5. The molecule has 17 heteroatoms. The number of nitrogens with one attached hydrogen (secondary N) is 2. The lowest BCUT2D eigenvalue weighted by atomic mass is 9.84.